The van der Waals surface area contributed by atoms with Crippen molar-refractivity contribution in [2.24, 2.45) is 0 Å². The summed E-state index contributed by atoms with van der Waals surface area (Å²) in [5.41, 5.74) is 0.0373. The van der Waals surface area contributed by atoms with Gasteiger partial charge in [-0.05, 0) is 19.1 Å². The molecular formula is C11H12O5. The molecule has 0 unspecified atom stereocenters. The molecule has 0 aliphatic carbocycles. The smallest absolute Gasteiger partial charge is 0.379 e. The lowest BCUT2D eigenvalue weighted by molar-refractivity contribution is -0.137. The Labute approximate surface area is 92.6 Å². The van der Waals surface area contributed by atoms with E-state index < -0.39 is 11.8 Å². The highest BCUT2D eigenvalue weighted by Crippen LogP contribution is 2.21. The first kappa shape index (κ1) is 12.0. The fourth-order valence-corrected chi connectivity index (χ4v) is 1.15. The summed E-state index contributed by atoms with van der Waals surface area (Å²) in [7, 11) is 1.40. The number of phenols is 1. The summed E-state index contributed by atoms with van der Waals surface area (Å²) in [5, 5.41) is 9.30. The molecular weight excluding hydrogens is 212 g/mol. The Balaban J connectivity index is 2.99. The zero-order valence-corrected chi connectivity index (χ0v) is 9.02. The van der Waals surface area contributed by atoms with Gasteiger partial charge in [0.1, 0.15) is 11.5 Å². The molecule has 0 amide bonds. The van der Waals surface area contributed by atoms with E-state index in [1.807, 2.05) is 0 Å². The summed E-state index contributed by atoms with van der Waals surface area (Å²) in [6, 6.07) is 3.88. The third-order valence-corrected chi connectivity index (χ3v) is 1.85. The van der Waals surface area contributed by atoms with Gasteiger partial charge in [0.15, 0.2) is 0 Å². The number of rotatable bonds is 4. The van der Waals surface area contributed by atoms with Gasteiger partial charge in [-0.15, -0.1) is 0 Å². The zero-order valence-electron chi connectivity index (χ0n) is 9.02. The average molecular weight is 224 g/mol. The summed E-state index contributed by atoms with van der Waals surface area (Å²) >= 11 is 0. The molecule has 16 heavy (non-hydrogen) atoms. The molecule has 5 nitrogen and oxygen atoms in total. The van der Waals surface area contributed by atoms with E-state index in [4.69, 9.17) is 4.74 Å². The molecule has 0 heterocycles. The average Bonchev–Trinajstić information content (AvgIpc) is 2.27. The molecule has 0 saturated carbocycles. The van der Waals surface area contributed by atoms with E-state index in [2.05, 4.69) is 4.74 Å². The number of ether oxygens (including phenoxy) is 2. The van der Waals surface area contributed by atoms with Crippen molar-refractivity contribution >= 4 is 11.8 Å². The number of esters is 1. The van der Waals surface area contributed by atoms with Gasteiger partial charge in [-0.3, -0.25) is 4.79 Å². The number of phenolic OH excluding ortho intramolecular Hbond substituents is 1. The number of benzene rings is 1. The lowest BCUT2D eigenvalue weighted by Gasteiger charge is -2.04. The van der Waals surface area contributed by atoms with E-state index in [1.165, 1.54) is 25.3 Å². The van der Waals surface area contributed by atoms with Gasteiger partial charge in [0.25, 0.3) is 5.78 Å². The monoisotopic (exact) mass is 224 g/mol. The zero-order chi connectivity index (χ0) is 12.1. The molecule has 1 N–H and O–H groups in total. The second-order valence-electron chi connectivity index (χ2n) is 2.97. The maximum absolute atomic E-state index is 11.5. The Hall–Kier alpha value is -2.04. The van der Waals surface area contributed by atoms with Gasteiger partial charge in [0.2, 0.25) is 0 Å². The fourth-order valence-electron chi connectivity index (χ4n) is 1.15. The second kappa shape index (κ2) is 5.16. The normalized spacial score (nSPS) is 9.62. The number of hydrogen-bond acceptors (Lipinski definition) is 5. The number of hydrogen-bond donors (Lipinski definition) is 1. The highest BCUT2D eigenvalue weighted by atomic mass is 16.5. The van der Waals surface area contributed by atoms with Crippen molar-refractivity contribution in [1.29, 1.82) is 0 Å². The van der Waals surface area contributed by atoms with Gasteiger partial charge in [0.05, 0.1) is 13.7 Å². The molecule has 1 aromatic carbocycles. The van der Waals surface area contributed by atoms with E-state index in [9.17, 15) is 14.7 Å². The second-order valence-corrected chi connectivity index (χ2v) is 2.97. The minimum Gasteiger partial charge on any atom is -0.508 e. The van der Waals surface area contributed by atoms with Crippen molar-refractivity contribution < 1.29 is 24.2 Å². The van der Waals surface area contributed by atoms with E-state index >= 15 is 0 Å². The molecule has 0 aromatic heterocycles. The van der Waals surface area contributed by atoms with Crippen LogP contribution in [0.3, 0.4) is 0 Å². The third kappa shape index (κ3) is 2.73. The summed E-state index contributed by atoms with van der Waals surface area (Å²) in [6.07, 6.45) is 0. The van der Waals surface area contributed by atoms with Crippen LogP contribution in [-0.4, -0.2) is 30.6 Å². The molecule has 0 bridgehead atoms. The third-order valence-electron chi connectivity index (χ3n) is 1.85. The van der Waals surface area contributed by atoms with Gasteiger partial charge >= 0.3 is 5.97 Å². The summed E-state index contributed by atoms with van der Waals surface area (Å²) in [5.74, 6) is -1.61. The van der Waals surface area contributed by atoms with Crippen LogP contribution in [0.15, 0.2) is 18.2 Å². The maximum atomic E-state index is 11.5. The molecule has 0 fully saturated rings. The fraction of sp³-hybridized carbons (Fsp3) is 0.273. The van der Waals surface area contributed by atoms with Crippen LogP contribution in [0.4, 0.5) is 0 Å². The van der Waals surface area contributed by atoms with Crippen molar-refractivity contribution in [3.05, 3.63) is 23.8 Å². The minimum atomic E-state index is -0.949. The molecule has 0 aliphatic heterocycles. The van der Waals surface area contributed by atoms with Crippen molar-refractivity contribution in [2.45, 2.75) is 6.92 Å². The number of carbonyl (C=O) groups is 2. The predicted molar refractivity (Wildman–Crippen MR) is 55.6 cm³/mol. The predicted octanol–water partition coefficient (Wildman–Crippen LogP) is 1.15. The van der Waals surface area contributed by atoms with Crippen molar-refractivity contribution in [3.63, 3.8) is 0 Å². The molecule has 0 radical (unpaired) electrons. The molecule has 0 aliphatic rings. The highest BCUT2D eigenvalue weighted by Gasteiger charge is 2.18. The summed E-state index contributed by atoms with van der Waals surface area (Å²) in [4.78, 5) is 22.7. The summed E-state index contributed by atoms with van der Waals surface area (Å²) in [6.45, 7) is 1.73. The first-order valence-corrected chi connectivity index (χ1v) is 4.68. The Morgan fingerprint density at radius 1 is 1.31 bits per heavy atom. The van der Waals surface area contributed by atoms with Crippen LogP contribution in [0.25, 0.3) is 0 Å². The van der Waals surface area contributed by atoms with E-state index in [1.54, 1.807) is 6.92 Å². The molecule has 1 rings (SSSR count). The highest BCUT2D eigenvalue weighted by molar-refractivity contribution is 6.40. The lowest BCUT2D eigenvalue weighted by atomic mass is 10.1. The van der Waals surface area contributed by atoms with Gasteiger partial charge < -0.3 is 14.6 Å². The van der Waals surface area contributed by atoms with Crippen LogP contribution in [0.5, 0.6) is 11.5 Å². The van der Waals surface area contributed by atoms with Crippen LogP contribution in [-0.2, 0) is 9.53 Å². The van der Waals surface area contributed by atoms with Crippen molar-refractivity contribution in [2.75, 3.05) is 13.7 Å². The van der Waals surface area contributed by atoms with E-state index in [-0.39, 0.29) is 17.9 Å². The molecule has 86 valence electrons. The largest absolute Gasteiger partial charge is 0.508 e. The van der Waals surface area contributed by atoms with Crippen LogP contribution < -0.4 is 4.74 Å². The standard InChI is InChI=1S/C11H12O5/c1-3-16-11(14)10(13)7-4-8(12)6-9(5-7)15-2/h4-6,12H,3H2,1-2H3. The maximum Gasteiger partial charge on any atom is 0.379 e. The molecule has 0 spiro atoms. The van der Waals surface area contributed by atoms with Crippen LogP contribution in [0.2, 0.25) is 0 Å². The number of ketones is 1. The van der Waals surface area contributed by atoms with Gasteiger partial charge in [-0.2, -0.15) is 0 Å². The van der Waals surface area contributed by atoms with E-state index in [0.717, 1.165) is 0 Å². The SMILES string of the molecule is CCOC(=O)C(=O)c1cc(O)cc(OC)c1. The minimum absolute atomic E-state index is 0.0373. The molecule has 0 atom stereocenters. The van der Waals surface area contributed by atoms with E-state index in [0.29, 0.717) is 5.75 Å². The topological polar surface area (TPSA) is 72.8 Å². The summed E-state index contributed by atoms with van der Waals surface area (Å²) < 4.78 is 9.42. The van der Waals surface area contributed by atoms with Crippen molar-refractivity contribution in [1.82, 2.24) is 0 Å². The Morgan fingerprint density at radius 3 is 2.56 bits per heavy atom. The van der Waals surface area contributed by atoms with Crippen LogP contribution in [0, 0.1) is 0 Å². The van der Waals surface area contributed by atoms with Gasteiger partial charge in [-0.1, -0.05) is 0 Å². The number of aromatic hydroxyl groups is 1. The number of carbonyl (C=O) groups excluding carboxylic acids is 2. The van der Waals surface area contributed by atoms with Crippen LogP contribution in [0.1, 0.15) is 17.3 Å². The first-order chi connectivity index (χ1) is 7.58. The Bertz CT molecular complexity index is 411. The van der Waals surface area contributed by atoms with Crippen molar-refractivity contribution in [3.8, 4) is 11.5 Å². The molecule has 1 aromatic rings. The number of Topliss-reactive ketones (excluding diaryl/α,β-unsaturated/α-hetero) is 1. The molecule has 5 heteroatoms. The Morgan fingerprint density at radius 2 is 2.00 bits per heavy atom. The number of methoxy groups -OCH3 is 1. The first-order valence-electron chi connectivity index (χ1n) is 4.68. The van der Waals surface area contributed by atoms with Gasteiger partial charge in [-0.25, -0.2) is 4.79 Å². The Kier molecular flexibility index (Phi) is 3.88. The van der Waals surface area contributed by atoms with Crippen LogP contribution >= 0.6 is 0 Å². The lowest BCUT2D eigenvalue weighted by Crippen LogP contribution is -2.17. The van der Waals surface area contributed by atoms with Gasteiger partial charge in [0, 0.05) is 11.6 Å². The molecule has 0 saturated heterocycles. The quantitative estimate of drug-likeness (QED) is 0.471.